The second kappa shape index (κ2) is 6.59. The minimum absolute atomic E-state index is 0.0236. The summed E-state index contributed by atoms with van der Waals surface area (Å²) < 4.78 is 0. The van der Waals surface area contributed by atoms with Gasteiger partial charge in [0.2, 0.25) is 0 Å². The van der Waals surface area contributed by atoms with Crippen LogP contribution in [-0.2, 0) is 0 Å². The third kappa shape index (κ3) is 3.35. The molecule has 18 heavy (non-hydrogen) atoms. The van der Waals surface area contributed by atoms with Crippen molar-refractivity contribution in [2.45, 2.75) is 32.7 Å². The van der Waals surface area contributed by atoms with Crippen LogP contribution in [-0.4, -0.2) is 35.9 Å². The van der Waals surface area contributed by atoms with E-state index in [1.165, 1.54) is 0 Å². The monoisotopic (exact) mass is 269 g/mol. The molecule has 1 aromatic rings. The van der Waals surface area contributed by atoms with E-state index in [4.69, 9.17) is 11.6 Å². The number of pyridine rings is 1. The molecule has 0 aromatic carbocycles. The van der Waals surface area contributed by atoms with Crippen LogP contribution in [0.1, 0.15) is 37.0 Å². The molecule has 0 aliphatic carbocycles. The molecule has 0 saturated heterocycles. The number of hydrogen-bond donors (Lipinski definition) is 1. The van der Waals surface area contributed by atoms with Crippen molar-refractivity contribution in [3.8, 4) is 0 Å². The van der Waals surface area contributed by atoms with Gasteiger partial charge in [-0.2, -0.15) is 0 Å². The first-order valence-electron chi connectivity index (χ1n) is 6.15. The van der Waals surface area contributed by atoms with Gasteiger partial charge in [0.1, 0.15) is 11.0 Å². The Balaban J connectivity index is 2.99. The summed E-state index contributed by atoms with van der Waals surface area (Å²) in [5.74, 6) is 0.577. The highest BCUT2D eigenvalue weighted by atomic mass is 35.5. The van der Waals surface area contributed by atoms with E-state index in [0.29, 0.717) is 16.5 Å². The fourth-order valence-corrected chi connectivity index (χ4v) is 2.16. The van der Waals surface area contributed by atoms with Crippen molar-refractivity contribution in [3.63, 3.8) is 0 Å². The first-order valence-corrected chi connectivity index (χ1v) is 6.53. The normalized spacial score (nSPS) is 10.6. The molecule has 1 rings (SSSR count). The van der Waals surface area contributed by atoms with Gasteiger partial charge in [-0.25, -0.2) is 4.98 Å². The van der Waals surface area contributed by atoms with Crippen molar-refractivity contribution in [2.24, 2.45) is 0 Å². The molecule has 0 bridgehead atoms. The van der Waals surface area contributed by atoms with E-state index in [1.54, 1.807) is 24.1 Å². The molecule has 0 saturated carbocycles. The number of hydrogen-bond acceptors (Lipinski definition) is 3. The van der Waals surface area contributed by atoms with Crippen LogP contribution >= 0.6 is 11.6 Å². The van der Waals surface area contributed by atoms with Gasteiger partial charge in [0, 0.05) is 25.7 Å². The first kappa shape index (κ1) is 14.8. The van der Waals surface area contributed by atoms with E-state index in [2.05, 4.69) is 24.1 Å². The quantitative estimate of drug-likeness (QED) is 0.836. The summed E-state index contributed by atoms with van der Waals surface area (Å²) in [6.07, 6.45) is 1.88. The molecule has 4 nitrogen and oxygen atoms in total. The number of carbonyl (C=O) groups is 1. The Bertz CT molecular complexity index is 419. The van der Waals surface area contributed by atoms with Gasteiger partial charge in [-0.1, -0.05) is 25.4 Å². The fraction of sp³-hybridized carbons (Fsp3) is 0.538. The molecule has 5 heteroatoms. The van der Waals surface area contributed by atoms with Crippen LogP contribution in [0.4, 0.5) is 5.82 Å². The minimum atomic E-state index is -0.0236. The number of carbonyl (C=O) groups excluding carboxylic acids is 1. The van der Waals surface area contributed by atoms with Crippen LogP contribution in [0.3, 0.4) is 0 Å². The molecule has 0 atom stereocenters. The molecule has 0 radical (unpaired) electrons. The molecular formula is C13H20ClN3O. The summed E-state index contributed by atoms with van der Waals surface area (Å²) >= 11 is 5.90. The summed E-state index contributed by atoms with van der Waals surface area (Å²) in [6.45, 7) is 4.16. The number of nitrogens with zero attached hydrogens (tertiary/aromatic N) is 2. The van der Waals surface area contributed by atoms with Crippen LogP contribution in [0, 0.1) is 0 Å². The second-order valence-corrected chi connectivity index (χ2v) is 4.59. The largest absolute Gasteiger partial charge is 0.373 e. The van der Waals surface area contributed by atoms with Crippen LogP contribution in [0.2, 0.25) is 5.15 Å². The van der Waals surface area contributed by atoms with Crippen molar-refractivity contribution in [2.75, 3.05) is 19.4 Å². The maximum atomic E-state index is 12.3. The molecule has 1 N–H and O–H groups in total. The average Bonchev–Trinajstić information content (AvgIpc) is 2.38. The number of nitrogens with one attached hydrogen (secondary N) is 1. The van der Waals surface area contributed by atoms with Crippen molar-refractivity contribution in [1.82, 2.24) is 9.88 Å². The molecule has 0 aliphatic rings. The Morgan fingerprint density at radius 2 is 2.06 bits per heavy atom. The van der Waals surface area contributed by atoms with Gasteiger partial charge in [0.05, 0.1) is 0 Å². The summed E-state index contributed by atoms with van der Waals surface area (Å²) in [4.78, 5) is 18.2. The molecule has 0 aliphatic heterocycles. The minimum Gasteiger partial charge on any atom is -0.373 e. The number of amides is 1. The molecule has 1 amide bonds. The van der Waals surface area contributed by atoms with Gasteiger partial charge in [-0.3, -0.25) is 4.79 Å². The number of halogens is 1. The Morgan fingerprint density at radius 3 is 2.56 bits per heavy atom. The Labute approximate surface area is 113 Å². The van der Waals surface area contributed by atoms with Crippen LogP contribution in [0.15, 0.2) is 12.1 Å². The third-order valence-corrected chi connectivity index (χ3v) is 3.30. The lowest BCUT2D eigenvalue weighted by molar-refractivity contribution is 0.0723. The number of anilines is 1. The van der Waals surface area contributed by atoms with Crippen LogP contribution in [0.5, 0.6) is 0 Å². The number of aromatic nitrogens is 1. The van der Waals surface area contributed by atoms with Gasteiger partial charge in [0.25, 0.3) is 5.91 Å². The zero-order valence-electron chi connectivity index (χ0n) is 11.3. The molecule has 0 fully saturated rings. The molecule has 0 unspecified atom stereocenters. The molecule has 1 aromatic heterocycles. The van der Waals surface area contributed by atoms with Crippen LogP contribution < -0.4 is 5.32 Å². The zero-order chi connectivity index (χ0) is 13.7. The fourth-order valence-electron chi connectivity index (χ4n) is 1.95. The van der Waals surface area contributed by atoms with E-state index >= 15 is 0 Å². The lowest BCUT2D eigenvalue weighted by Gasteiger charge is -2.26. The molecule has 100 valence electrons. The lowest BCUT2D eigenvalue weighted by atomic mass is 10.1. The highest BCUT2D eigenvalue weighted by Crippen LogP contribution is 2.17. The Kier molecular flexibility index (Phi) is 5.41. The van der Waals surface area contributed by atoms with Crippen molar-refractivity contribution < 1.29 is 4.79 Å². The van der Waals surface area contributed by atoms with Crippen molar-refractivity contribution in [3.05, 3.63) is 22.8 Å². The highest BCUT2D eigenvalue weighted by Gasteiger charge is 2.19. The predicted molar refractivity (Wildman–Crippen MR) is 75.3 cm³/mol. The average molecular weight is 270 g/mol. The SMILES string of the molecule is CCC(CC)N(C)C(=O)c1cc(Cl)nc(NC)c1. The lowest BCUT2D eigenvalue weighted by Crippen LogP contribution is -2.36. The molecule has 1 heterocycles. The van der Waals surface area contributed by atoms with Crippen molar-refractivity contribution >= 4 is 23.3 Å². The van der Waals surface area contributed by atoms with Gasteiger partial charge in [0.15, 0.2) is 0 Å². The van der Waals surface area contributed by atoms with Gasteiger partial charge in [-0.05, 0) is 25.0 Å². The number of rotatable bonds is 5. The molecular weight excluding hydrogens is 250 g/mol. The van der Waals surface area contributed by atoms with E-state index in [-0.39, 0.29) is 11.9 Å². The first-order chi connectivity index (χ1) is 8.53. The second-order valence-electron chi connectivity index (χ2n) is 4.20. The van der Waals surface area contributed by atoms with E-state index < -0.39 is 0 Å². The van der Waals surface area contributed by atoms with E-state index in [0.717, 1.165) is 12.8 Å². The van der Waals surface area contributed by atoms with E-state index in [9.17, 15) is 4.79 Å². The maximum absolute atomic E-state index is 12.3. The maximum Gasteiger partial charge on any atom is 0.254 e. The zero-order valence-corrected chi connectivity index (χ0v) is 12.1. The smallest absolute Gasteiger partial charge is 0.254 e. The predicted octanol–water partition coefficient (Wildman–Crippen LogP) is 3.04. The standard InChI is InChI=1S/C13H20ClN3O/c1-5-10(6-2)17(4)13(18)9-7-11(14)16-12(8-9)15-3/h7-8,10H,5-6H2,1-4H3,(H,15,16). The Morgan fingerprint density at radius 1 is 1.44 bits per heavy atom. The molecule has 0 spiro atoms. The topological polar surface area (TPSA) is 45.2 Å². The summed E-state index contributed by atoms with van der Waals surface area (Å²) in [5, 5.41) is 3.22. The van der Waals surface area contributed by atoms with Gasteiger partial charge >= 0.3 is 0 Å². The summed E-state index contributed by atoms with van der Waals surface area (Å²) in [5.41, 5.74) is 0.564. The highest BCUT2D eigenvalue weighted by molar-refractivity contribution is 6.29. The van der Waals surface area contributed by atoms with Crippen molar-refractivity contribution in [1.29, 1.82) is 0 Å². The van der Waals surface area contributed by atoms with Gasteiger partial charge in [-0.15, -0.1) is 0 Å². The third-order valence-electron chi connectivity index (χ3n) is 3.11. The summed E-state index contributed by atoms with van der Waals surface area (Å²) in [7, 11) is 3.57. The Hall–Kier alpha value is -1.29. The van der Waals surface area contributed by atoms with Crippen LogP contribution in [0.25, 0.3) is 0 Å². The summed E-state index contributed by atoms with van der Waals surface area (Å²) in [6, 6.07) is 3.57. The van der Waals surface area contributed by atoms with E-state index in [1.807, 2.05) is 7.05 Å². The van der Waals surface area contributed by atoms with Gasteiger partial charge < -0.3 is 10.2 Å².